The smallest absolute Gasteiger partial charge is 0.291 e. The average Bonchev–Trinajstić information content (AvgIpc) is 2.97. The lowest BCUT2D eigenvalue weighted by Crippen LogP contribution is -2.24. The molecule has 2 amide bonds. The second-order valence-electron chi connectivity index (χ2n) is 5.96. The van der Waals surface area contributed by atoms with Crippen LogP contribution in [-0.4, -0.2) is 18.4 Å². The van der Waals surface area contributed by atoms with Crippen LogP contribution in [0.5, 0.6) is 0 Å². The molecule has 1 aromatic heterocycles. The number of anilines is 1. The Morgan fingerprint density at radius 2 is 1.88 bits per heavy atom. The van der Waals surface area contributed by atoms with Gasteiger partial charge in [-0.25, -0.2) is 0 Å². The van der Waals surface area contributed by atoms with E-state index in [2.05, 4.69) is 10.6 Å². The van der Waals surface area contributed by atoms with Crippen molar-refractivity contribution in [1.29, 1.82) is 0 Å². The van der Waals surface area contributed by atoms with Crippen LogP contribution in [0.1, 0.15) is 39.8 Å². The lowest BCUT2D eigenvalue weighted by Gasteiger charge is -2.08. The lowest BCUT2D eigenvalue weighted by atomic mass is 10.1. The highest BCUT2D eigenvalue weighted by Gasteiger charge is 2.18. The number of fused-ring (bicyclic) bond motifs is 1. The first-order chi connectivity index (χ1) is 12.5. The molecule has 0 unspecified atom stereocenters. The Bertz CT molecular complexity index is 978. The van der Waals surface area contributed by atoms with Crippen molar-refractivity contribution in [3.05, 3.63) is 64.4 Å². The van der Waals surface area contributed by atoms with Crippen LogP contribution in [0.3, 0.4) is 0 Å². The van der Waals surface area contributed by atoms with Crippen molar-refractivity contribution in [2.45, 2.75) is 20.3 Å². The standard InChI is InChI=1S/C20H19ClN2O3/c1-3-10-22-19(24)15-9-8-13(11-16(15)21)23-20(25)18-12(2)14-6-4-5-7-17(14)26-18/h4-9,11H,3,10H2,1-2H3,(H,22,24)(H,23,25). The first kappa shape index (κ1) is 18.0. The summed E-state index contributed by atoms with van der Waals surface area (Å²) in [6, 6.07) is 12.3. The minimum atomic E-state index is -0.363. The minimum absolute atomic E-state index is 0.233. The molecular weight excluding hydrogens is 352 g/mol. The van der Waals surface area contributed by atoms with E-state index in [1.165, 1.54) is 0 Å². The van der Waals surface area contributed by atoms with Gasteiger partial charge in [0.05, 0.1) is 10.6 Å². The molecule has 2 aromatic carbocycles. The van der Waals surface area contributed by atoms with Crippen LogP contribution < -0.4 is 10.6 Å². The number of benzene rings is 2. The van der Waals surface area contributed by atoms with Gasteiger partial charge in [0.25, 0.3) is 11.8 Å². The van der Waals surface area contributed by atoms with Crippen LogP contribution in [0.15, 0.2) is 46.9 Å². The van der Waals surface area contributed by atoms with Crippen LogP contribution in [0.25, 0.3) is 11.0 Å². The molecule has 3 aromatic rings. The highest BCUT2D eigenvalue weighted by molar-refractivity contribution is 6.34. The second kappa shape index (κ2) is 7.62. The summed E-state index contributed by atoms with van der Waals surface area (Å²) in [6.45, 7) is 4.40. The third-order valence-electron chi connectivity index (χ3n) is 4.06. The number of rotatable bonds is 5. The summed E-state index contributed by atoms with van der Waals surface area (Å²) < 4.78 is 5.66. The first-order valence-electron chi connectivity index (χ1n) is 8.38. The Kier molecular flexibility index (Phi) is 5.28. The highest BCUT2D eigenvalue weighted by Crippen LogP contribution is 2.26. The van der Waals surface area contributed by atoms with Crippen molar-refractivity contribution in [3.63, 3.8) is 0 Å². The third kappa shape index (κ3) is 3.58. The Labute approximate surface area is 156 Å². The first-order valence-corrected chi connectivity index (χ1v) is 8.76. The molecule has 26 heavy (non-hydrogen) atoms. The topological polar surface area (TPSA) is 71.3 Å². The number of aryl methyl sites for hydroxylation is 1. The summed E-state index contributed by atoms with van der Waals surface area (Å²) in [5.74, 6) is -0.340. The summed E-state index contributed by atoms with van der Waals surface area (Å²) in [6.07, 6.45) is 0.842. The molecular formula is C20H19ClN2O3. The second-order valence-corrected chi connectivity index (χ2v) is 6.36. The molecule has 0 radical (unpaired) electrons. The minimum Gasteiger partial charge on any atom is -0.451 e. The van der Waals surface area contributed by atoms with Gasteiger partial charge >= 0.3 is 0 Å². The predicted octanol–water partition coefficient (Wildman–Crippen LogP) is 4.79. The number of hydrogen-bond donors (Lipinski definition) is 2. The van der Waals surface area contributed by atoms with Crippen LogP contribution in [0.4, 0.5) is 5.69 Å². The fourth-order valence-corrected chi connectivity index (χ4v) is 2.96. The number of carbonyl (C=O) groups is 2. The number of furan rings is 1. The summed E-state index contributed by atoms with van der Waals surface area (Å²) in [4.78, 5) is 24.6. The van der Waals surface area contributed by atoms with Gasteiger partial charge in [-0.15, -0.1) is 0 Å². The maximum absolute atomic E-state index is 12.5. The molecule has 134 valence electrons. The van der Waals surface area contributed by atoms with Crippen LogP contribution >= 0.6 is 11.6 Å². The molecule has 0 aliphatic heterocycles. The van der Waals surface area contributed by atoms with Gasteiger partial charge in [0.2, 0.25) is 0 Å². The summed E-state index contributed by atoms with van der Waals surface area (Å²) in [7, 11) is 0. The number of hydrogen-bond acceptors (Lipinski definition) is 3. The van der Waals surface area contributed by atoms with Crippen molar-refractivity contribution in [1.82, 2.24) is 5.32 Å². The van der Waals surface area contributed by atoms with E-state index >= 15 is 0 Å². The monoisotopic (exact) mass is 370 g/mol. The van der Waals surface area contributed by atoms with Crippen molar-refractivity contribution < 1.29 is 14.0 Å². The zero-order chi connectivity index (χ0) is 18.7. The molecule has 0 saturated heterocycles. The number of para-hydroxylation sites is 1. The molecule has 0 spiro atoms. The van der Waals surface area contributed by atoms with Crippen LogP contribution in [0.2, 0.25) is 5.02 Å². The van der Waals surface area contributed by atoms with E-state index in [0.717, 1.165) is 17.4 Å². The number of carbonyl (C=O) groups excluding carboxylic acids is 2. The van der Waals surface area contributed by atoms with Crippen LogP contribution in [-0.2, 0) is 0 Å². The van der Waals surface area contributed by atoms with Crippen molar-refractivity contribution >= 4 is 40.1 Å². The number of nitrogens with one attached hydrogen (secondary N) is 2. The molecule has 0 aliphatic rings. The Hall–Kier alpha value is -2.79. The molecule has 0 bridgehead atoms. The molecule has 0 atom stereocenters. The van der Waals surface area contributed by atoms with Crippen molar-refractivity contribution in [2.75, 3.05) is 11.9 Å². The van der Waals surface area contributed by atoms with Gasteiger partial charge in [-0.05, 0) is 37.6 Å². The highest BCUT2D eigenvalue weighted by atomic mass is 35.5. The fraction of sp³-hybridized carbons (Fsp3) is 0.200. The van der Waals surface area contributed by atoms with Gasteiger partial charge in [-0.1, -0.05) is 36.7 Å². The fourth-order valence-electron chi connectivity index (χ4n) is 2.69. The average molecular weight is 371 g/mol. The molecule has 0 fully saturated rings. The summed E-state index contributed by atoms with van der Waals surface area (Å²) in [5, 5.41) is 6.71. The van der Waals surface area contributed by atoms with Gasteiger partial charge in [0, 0.05) is 23.2 Å². The number of halogens is 1. The molecule has 3 rings (SSSR count). The predicted molar refractivity (Wildman–Crippen MR) is 103 cm³/mol. The summed E-state index contributed by atoms with van der Waals surface area (Å²) >= 11 is 6.19. The van der Waals surface area contributed by atoms with E-state index in [1.807, 2.05) is 38.1 Å². The third-order valence-corrected chi connectivity index (χ3v) is 4.37. The normalized spacial score (nSPS) is 10.7. The molecule has 0 saturated carbocycles. The Balaban J connectivity index is 1.80. The van der Waals surface area contributed by atoms with Gasteiger partial charge in [0.1, 0.15) is 5.58 Å². The SMILES string of the molecule is CCCNC(=O)c1ccc(NC(=O)c2oc3ccccc3c2C)cc1Cl. The van der Waals surface area contributed by atoms with E-state index in [-0.39, 0.29) is 22.6 Å². The molecule has 5 nitrogen and oxygen atoms in total. The van der Waals surface area contributed by atoms with Crippen LogP contribution in [0, 0.1) is 6.92 Å². The zero-order valence-corrected chi connectivity index (χ0v) is 15.3. The van der Waals surface area contributed by atoms with Gasteiger partial charge in [-0.3, -0.25) is 9.59 Å². The van der Waals surface area contributed by atoms with E-state index in [1.54, 1.807) is 18.2 Å². The number of amides is 2. The van der Waals surface area contributed by atoms with Gasteiger partial charge < -0.3 is 15.1 Å². The molecule has 6 heteroatoms. The maximum atomic E-state index is 12.5. The Morgan fingerprint density at radius 3 is 2.58 bits per heavy atom. The van der Waals surface area contributed by atoms with Gasteiger partial charge in [0.15, 0.2) is 5.76 Å². The van der Waals surface area contributed by atoms with E-state index in [9.17, 15) is 9.59 Å². The molecule has 1 heterocycles. The molecule has 2 N–H and O–H groups in total. The quantitative estimate of drug-likeness (QED) is 0.678. The molecule has 0 aliphatic carbocycles. The van der Waals surface area contributed by atoms with E-state index in [0.29, 0.717) is 23.4 Å². The van der Waals surface area contributed by atoms with Crippen molar-refractivity contribution in [3.8, 4) is 0 Å². The maximum Gasteiger partial charge on any atom is 0.291 e. The van der Waals surface area contributed by atoms with E-state index < -0.39 is 0 Å². The zero-order valence-electron chi connectivity index (χ0n) is 14.6. The Morgan fingerprint density at radius 1 is 1.12 bits per heavy atom. The van der Waals surface area contributed by atoms with Gasteiger partial charge in [-0.2, -0.15) is 0 Å². The largest absolute Gasteiger partial charge is 0.451 e. The lowest BCUT2D eigenvalue weighted by molar-refractivity contribution is 0.0953. The van der Waals surface area contributed by atoms with Crippen molar-refractivity contribution in [2.24, 2.45) is 0 Å². The van der Waals surface area contributed by atoms with E-state index in [4.69, 9.17) is 16.0 Å². The summed E-state index contributed by atoms with van der Waals surface area (Å²) in [5.41, 5.74) is 2.31.